The predicted molar refractivity (Wildman–Crippen MR) is 98.0 cm³/mol. The van der Waals surface area contributed by atoms with Crippen molar-refractivity contribution in [3.63, 3.8) is 0 Å². The van der Waals surface area contributed by atoms with Crippen LogP contribution in [0.1, 0.15) is 25.3 Å². The van der Waals surface area contributed by atoms with E-state index in [0.29, 0.717) is 6.04 Å². The topological polar surface area (TPSA) is 26.8 Å². The van der Waals surface area contributed by atoms with Crippen LogP contribution in [0.15, 0.2) is 24.3 Å². The number of aryl methyl sites for hydroxylation is 1. The molecule has 0 spiro atoms. The summed E-state index contributed by atoms with van der Waals surface area (Å²) in [5.41, 5.74) is 2.70. The van der Waals surface area contributed by atoms with Crippen LogP contribution in [0, 0.1) is 18.8 Å². The van der Waals surface area contributed by atoms with E-state index < -0.39 is 0 Å². The highest BCUT2D eigenvalue weighted by atomic mass is 16.2. The second-order valence-electron chi connectivity index (χ2n) is 6.73. The number of rotatable bonds is 2. The molecule has 0 aromatic heterocycles. The van der Waals surface area contributed by atoms with Crippen molar-refractivity contribution >= 4 is 11.6 Å². The number of hydrogen-bond acceptors (Lipinski definition) is 3. The second-order valence-corrected chi connectivity index (χ2v) is 6.73. The number of para-hydroxylation sites is 1. The molecule has 2 saturated heterocycles. The number of likely N-dealkylation sites (tertiary alicyclic amines) is 1. The van der Waals surface area contributed by atoms with Gasteiger partial charge in [-0.25, -0.2) is 0 Å². The second kappa shape index (κ2) is 7.72. The number of carbonyl (C=O) groups excluding carboxylic acids is 1. The first-order chi connectivity index (χ1) is 11.7. The number of piperidine rings is 1. The Hall–Kier alpha value is -1.99. The Balaban J connectivity index is 1.57. The lowest BCUT2D eigenvalue weighted by Gasteiger charge is -2.43. The molecule has 128 valence electrons. The monoisotopic (exact) mass is 325 g/mol. The van der Waals surface area contributed by atoms with Gasteiger partial charge in [0.25, 0.3) is 5.91 Å². The number of hydrogen-bond donors (Lipinski definition) is 0. The molecule has 24 heavy (non-hydrogen) atoms. The maximum atomic E-state index is 12.0. The molecule has 1 atom stereocenters. The molecule has 2 aliphatic rings. The van der Waals surface area contributed by atoms with Crippen LogP contribution in [0.3, 0.4) is 0 Å². The number of nitrogens with zero attached hydrogens (tertiary/aromatic N) is 3. The molecule has 0 bridgehead atoms. The summed E-state index contributed by atoms with van der Waals surface area (Å²) >= 11 is 0. The summed E-state index contributed by atoms with van der Waals surface area (Å²) in [7, 11) is 0. The Labute approximate surface area is 145 Å². The third kappa shape index (κ3) is 3.73. The zero-order valence-corrected chi connectivity index (χ0v) is 14.8. The molecule has 0 saturated carbocycles. The lowest BCUT2D eigenvalue weighted by Crippen LogP contribution is -2.55. The molecule has 1 aromatic carbocycles. The first kappa shape index (κ1) is 16.9. The average molecular weight is 325 g/mol. The summed E-state index contributed by atoms with van der Waals surface area (Å²) in [4.78, 5) is 19.0. The Morgan fingerprint density at radius 1 is 1.12 bits per heavy atom. The fraction of sp³-hybridized carbons (Fsp3) is 0.550. The van der Waals surface area contributed by atoms with Crippen LogP contribution in [-0.2, 0) is 4.79 Å². The van der Waals surface area contributed by atoms with Gasteiger partial charge >= 0.3 is 0 Å². The number of carbonyl (C=O) groups is 1. The molecule has 0 N–H and O–H groups in total. The van der Waals surface area contributed by atoms with Gasteiger partial charge in [-0.3, -0.25) is 9.69 Å². The van der Waals surface area contributed by atoms with E-state index in [1.165, 1.54) is 17.7 Å². The maximum Gasteiger partial charge on any atom is 0.298 e. The molecule has 2 heterocycles. The van der Waals surface area contributed by atoms with Gasteiger partial charge in [0.05, 0.1) is 0 Å². The van der Waals surface area contributed by atoms with Crippen LogP contribution < -0.4 is 4.90 Å². The molecule has 3 rings (SSSR count). The molecular weight excluding hydrogens is 298 g/mol. The minimum Gasteiger partial charge on any atom is -0.369 e. The SMILES string of the molecule is CC#CC(=O)N1CCC[C@H](N2CCN(c3ccccc3C)CC2)C1. The van der Waals surface area contributed by atoms with Crippen LogP contribution >= 0.6 is 0 Å². The van der Waals surface area contributed by atoms with Crippen molar-refractivity contribution in [3.05, 3.63) is 29.8 Å². The van der Waals surface area contributed by atoms with Crippen LogP contribution in [-0.4, -0.2) is 61.0 Å². The molecule has 2 fully saturated rings. The summed E-state index contributed by atoms with van der Waals surface area (Å²) in [6.45, 7) is 9.85. The molecule has 0 aliphatic carbocycles. The number of amides is 1. The van der Waals surface area contributed by atoms with E-state index in [9.17, 15) is 4.79 Å². The normalized spacial score (nSPS) is 22.0. The molecule has 1 aromatic rings. The van der Waals surface area contributed by atoms with E-state index in [4.69, 9.17) is 0 Å². The van der Waals surface area contributed by atoms with Crippen molar-refractivity contribution in [3.8, 4) is 11.8 Å². The minimum atomic E-state index is -0.0132. The lowest BCUT2D eigenvalue weighted by atomic mass is 10.0. The molecule has 1 amide bonds. The molecule has 0 radical (unpaired) electrons. The van der Waals surface area contributed by atoms with E-state index >= 15 is 0 Å². The molecular formula is C20H27N3O. The van der Waals surface area contributed by atoms with Crippen molar-refractivity contribution < 1.29 is 4.79 Å². The highest BCUT2D eigenvalue weighted by Crippen LogP contribution is 2.23. The van der Waals surface area contributed by atoms with E-state index in [0.717, 1.165) is 45.7 Å². The largest absolute Gasteiger partial charge is 0.369 e. The van der Waals surface area contributed by atoms with Gasteiger partial charge in [-0.1, -0.05) is 24.1 Å². The van der Waals surface area contributed by atoms with Gasteiger partial charge in [-0.2, -0.15) is 0 Å². The Morgan fingerprint density at radius 2 is 1.88 bits per heavy atom. The van der Waals surface area contributed by atoms with Crippen molar-refractivity contribution in [1.29, 1.82) is 0 Å². The summed E-state index contributed by atoms with van der Waals surface area (Å²) in [5, 5.41) is 0. The van der Waals surface area contributed by atoms with Crippen LogP contribution in [0.5, 0.6) is 0 Å². The van der Waals surface area contributed by atoms with Gasteiger partial charge in [0.15, 0.2) is 0 Å². The quantitative estimate of drug-likeness (QED) is 0.780. The van der Waals surface area contributed by atoms with Gasteiger partial charge in [0.2, 0.25) is 0 Å². The molecule has 0 unspecified atom stereocenters. The van der Waals surface area contributed by atoms with E-state index in [2.05, 4.69) is 52.8 Å². The number of anilines is 1. The highest BCUT2D eigenvalue weighted by Gasteiger charge is 2.29. The van der Waals surface area contributed by atoms with Gasteiger partial charge in [0, 0.05) is 51.0 Å². The highest BCUT2D eigenvalue weighted by molar-refractivity contribution is 5.93. The van der Waals surface area contributed by atoms with E-state index in [1.807, 2.05) is 4.90 Å². The van der Waals surface area contributed by atoms with Crippen LogP contribution in [0.4, 0.5) is 5.69 Å². The van der Waals surface area contributed by atoms with Crippen LogP contribution in [0.25, 0.3) is 0 Å². The summed E-state index contributed by atoms with van der Waals surface area (Å²) in [5.74, 6) is 5.40. The summed E-state index contributed by atoms with van der Waals surface area (Å²) < 4.78 is 0. The zero-order valence-electron chi connectivity index (χ0n) is 14.8. The van der Waals surface area contributed by atoms with Crippen molar-refractivity contribution in [1.82, 2.24) is 9.80 Å². The third-order valence-corrected chi connectivity index (χ3v) is 5.20. The Bertz CT molecular complexity index is 638. The molecule has 4 nitrogen and oxygen atoms in total. The molecule has 4 heteroatoms. The maximum absolute atomic E-state index is 12.0. The summed E-state index contributed by atoms with van der Waals surface area (Å²) in [6, 6.07) is 9.10. The van der Waals surface area contributed by atoms with E-state index in [-0.39, 0.29) is 5.91 Å². The third-order valence-electron chi connectivity index (χ3n) is 5.20. The number of benzene rings is 1. The van der Waals surface area contributed by atoms with Gasteiger partial charge in [0.1, 0.15) is 0 Å². The Morgan fingerprint density at radius 3 is 2.58 bits per heavy atom. The minimum absolute atomic E-state index is 0.0132. The van der Waals surface area contributed by atoms with Crippen molar-refractivity contribution in [2.75, 3.05) is 44.2 Å². The Kier molecular flexibility index (Phi) is 5.42. The van der Waals surface area contributed by atoms with Gasteiger partial charge in [-0.15, -0.1) is 0 Å². The first-order valence-electron chi connectivity index (χ1n) is 8.95. The van der Waals surface area contributed by atoms with Crippen molar-refractivity contribution in [2.45, 2.75) is 32.7 Å². The van der Waals surface area contributed by atoms with Gasteiger partial charge < -0.3 is 9.80 Å². The lowest BCUT2D eigenvalue weighted by molar-refractivity contribution is -0.127. The van der Waals surface area contributed by atoms with Gasteiger partial charge in [-0.05, 0) is 44.2 Å². The predicted octanol–water partition coefficient (Wildman–Crippen LogP) is 2.13. The zero-order chi connectivity index (χ0) is 16.9. The smallest absolute Gasteiger partial charge is 0.298 e. The number of piperazine rings is 1. The average Bonchev–Trinajstić information content (AvgIpc) is 2.63. The first-order valence-corrected chi connectivity index (χ1v) is 8.95. The fourth-order valence-corrected chi connectivity index (χ4v) is 3.87. The summed E-state index contributed by atoms with van der Waals surface area (Å²) in [6.07, 6.45) is 2.27. The standard InChI is InChI=1S/C20H27N3O/c1-3-7-20(24)23-11-6-9-18(16-23)21-12-14-22(15-13-21)19-10-5-4-8-17(19)2/h4-5,8,10,18H,6,9,11-16H2,1-2H3/t18-/m0/s1. The van der Waals surface area contributed by atoms with E-state index in [1.54, 1.807) is 6.92 Å². The molecule has 2 aliphatic heterocycles. The van der Waals surface area contributed by atoms with Crippen LogP contribution in [0.2, 0.25) is 0 Å². The van der Waals surface area contributed by atoms with Crippen molar-refractivity contribution in [2.24, 2.45) is 0 Å². The fourth-order valence-electron chi connectivity index (χ4n) is 3.87.